The van der Waals surface area contributed by atoms with Crippen molar-refractivity contribution in [1.82, 2.24) is 5.32 Å². The summed E-state index contributed by atoms with van der Waals surface area (Å²) in [5, 5.41) is 2.36. The Morgan fingerprint density at radius 1 is 0.540 bits per heavy atom. The van der Waals surface area contributed by atoms with Gasteiger partial charge in [0.05, 0.1) is 22.3 Å². The van der Waals surface area contributed by atoms with Crippen molar-refractivity contribution in [1.29, 1.82) is 0 Å². The standard InChI is InChI=1S/C36H28Cl3NO10/c37-36(38,39)35(45)40-30-29(50-34(44)25-19-11-4-12-20-25)28(49-33(43)24-17-9-3-10-18-24)27(48-32(42)23-15-7-2-8-16-23)26(47-30)21-46-31(41)22-13-5-1-6-14-22/h1-20,26-30H,21H2,(H,40,45)/t26-,27-,28+,29+,30+/m1/s1. The van der Waals surface area contributed by atoms with E-state index in [1.807, 2.05) is 0 Å². The second-order valence-corrected chi connectivity index (χ2v) is 13.0. The van der Waals surface area contributed by atoms with Crippen LogP contribution < -0.4 is 5.32 Å². The number of amides is 1. The highest BCUT2D eigenvalue weighted by Gasteiger charge is 2.54. The number of benzene rings is 4. The van der Waals surface area contributed by atoms with Crippen LogP contribution in [0.4, 0.5) is 0 Å². The van der Waals surface area contributed by atoms with E-state index in [-0.39, 0.29) is 22.3 Å². The minimum absolute atomic E-state index is 0.0869. The van der Waals surface area contributed by atoms with Crippen molar-refractivity contribution in [2.45, 2.75) is 34.4 Å². The first-order valence-electron chi connectivity index (χ1n) is 15.0. The van der Waals surface area contributed by atoms with Crippen LogP contribution in [0, 0.1) is 0 Å². The van der Waals surface area contributed by atoms with Gasteiger partial charge in [0.1, 0.15) is 12.7 Å². The van der Waals surface area contributed by atoms with Crippen molar-refractivity contribution in [3.05, 3.63) is 144 Å². The van der Waals surface area contributed by atoms with Gasteiger partial charge in [-0.1, -0.05) is 108 Å². The van der Waals surface area contributed by atoms with Gasteiger partial charge in [-0.05, 0) is 48.5 Å². The summed E-state index contributed by atoms with van der Waals surface area (Å²) in [5.74, 6) is -4.67. The molecule has 4 aromatic rings. The molecule has 0 aliphatic carbocycles. The number of hydrogen-bond donors (Lipinski definition) is 1. The normalized spacial score (nSPS) is 20.1. The van der Waals surface area contributed by atoms with Crippen LogP contribution in [-0.4, -0.2) is 70.8 Å². The zero-order valence-corrected chi connectivity index (χ0v) is 28.1. The summed E-state index contributed by atoms with van der Waals surface area (Å²) in [6.45, 7) is -0.598. The third-order valence-electron chi connectivity index (χ3n) is 7.31. The Kier molecular flexibility index (Phi) is 12.1. The van der Waals surface area contributed by atoms with E-state index in [0.29, 0.717) is 0 Å². The van der Waals surface area contributed by atoms with E-state index in [4.69, 9.17) is 58.5 Å². The van der Waals surface area contributed by atoms with Crippen LogP contribution in [0.1, 0.15) is 41.4 Å². The molecule has 0 saturated carbocycles. The highest BCUT2D eigenvalue weighted by molar-refractivity contribution is 6.76. The Morgan fingerprint density at radius 3 is 1.30 bits per heavy atom. The smallest absolute Gasteiger partial charge is 0.338 e. The average molecular weight is 741 g/mol. The molecule has 1 N–H and O–H groups in total. The van der Waals surface area contributed by atoms with Gasteiger partial charge >= 0.3 is 23.9 Å². The molecule has 11 nitrogen and oxygen atoms in total. The van der Waals surface area contributed by atoms with E-state index < -0.39 is 70.8 Å². The van der Waals surface area contributed by atoms with Gasteiger partial charge in [-0.3, -0.25) is 4.79 Å². The largest absolute Gasteiger partial charge is 0.459 e. The number of alkyl halides is 3. The molecular weight excluding hydrogens is 713 g/mol. The average Bonchev–Trinajstić information content (AvgIpc) is 3.13. The van der Waals surface area contributed by atoms with Crippen LogP contribution in [0.2, 0.25) is 0 Å². The molecule has 5 rings (SSSR count). The molecule has 4 aromatic carbocycles. The summed E-state index contributed by atoms with van der Waals surface area (Å²) >= 11 is 17.6. The molecule has 1 aliphatic heterocycles. The van der Waals surface area contributed by atoms with E-state index in [0.717, 1.165) is 0 Å². The molecule has 258 valence electrons. The molecule has 1 fully saturated rings. The van der Waals surface area contributed by atoms with E-state index >= 15 is 0 Å². The quantitative estimate of drug-likeness (QED) is 0.122. The number of halogens is 3. The highest BCUT2D eigenvalue weighted by atomic mass is 35.6. The molecular formula is C36H28Cl3NO10. The van der Waals surface area contributed by atoms with Crippen molar-refractivity contribution < 1.29 is 47.7 Å². The van der Waals surface area contributed by atoms with Gasteiger partial charge in [0.15, 0.2) is 24.5 Å². The number of rotatable bonds is 10. The zero-order chi connectivity index (χ0) is 35.7. The third kappa shape index (κ3) is 9.39. The summed E-state index contributed by atoms with van der Waals surface area (Å²) in [4.78, 5) is 66.5. The maximum absolute atomic E-state index is 13.6. The zero-order valence-electron chi connectivity index (χ0n) is 25.9. The number of nitrogens with one attached hydrogen (secondary N) is 1. The molecule has 1 heterocycles. The van der Waals surface area contributed by atoms with Crippen LogP contribution in [0.15, 0.2) is 121 Å². The lowest BCUT2D eigenvalue weighted by atomic mass is 9.96. The Labute approximate surface area is 301 Å². The van der Waals surface area contributed by atoms with Gasteiger partial charge in [-0.2, -0.15) is 0 Å². The minimum Gasteiger partial charge on any atom is -0.459 e. The van der Waals surface area contributed by atoms with E-state index in [9.17, 15) is 24.0 Å². The Hall–Kier alpha value is -4.94. The highest BCUT2D eigenvalue weighted by Crippen LogP contribution is 2.32. The SMILES string of the molecule is O=C(OC[C@H]1O[C@H](NC(=O)C(Cl)(Cl)Cl)[C@@H](OC(=O)c2ccccc2)[C@@H](OC(=O)c2ccccc2)[C@@H]1OC(=O)c1ccccc1)c1ccccc1. The van der Waals surface area contributed by atoms with Crippen LogP contribution in [0.25, 0.3) is 0 Å². The number of hydrogen-bond acceptors (Lipinski definition) is 10. The molecule has 0 spiro atoms. The fourth-order valence-electron chi connectivity index (χ4n) is 4.89. The first-order chi connectivity index (χ1) is 24.0. The molecule has 1 saturated heterocycles. The maximum Gasteiger partial charge on any atom is 0.338 e. The molecule has 5 atom stereocenters. The lowest BCUT2D eigenvalue weighted by molar-refractivity contribution is -0.235. The Bertz CT molecular complexity index is 1790. The molecule has 0 bridgehead atoms. The molecule has 14 heteroatoms. The molecule has 0 aromatic heterocycles. The molecule has 0 radical (unpaired) electrons. The number of esters is 4. The predicted molar refractivity (Wildman–Crippen MR) is 181 cm³/mol. The Morgan fingerprint density at radius 2 is 0.900 bits per heavy atom. The summed E-state index contributed by atoms with van der Waals surface area (Å²) in [5.41, 5.74) is 0.493. The summed E-state index contributed by atoms with van der Waals surface area (Å²) < 4.78 is 26.8. The maximum atomic E-state index is 13.6. The fraction of sp³-hybridized carbons (Fsp3) is 0.194. The predicted octanol–water partition coefficient (Wildman–Crippen LogP) is 5.73. The van der Waals surface area contributed by atoms with Crippen molar-refractivity contribution in [2.24, 2.45) is 0 Å². The van der Waals surface area contributed by atoms with Gasteiger partial charge in [0.25, 0.3) is 9.70 Å². The van der Waals surface area contributed by atoms with Crippen LogP contribution in [0.3, 0.4) is 0 Å². The van der Waals surface area contributed by atoms with Crippen molar-refractivity contribution >= 4 is 64.6 Å². The second-order valence-electron chi connectivity index (χ2n) is 10.7. The lowest BCUT2D eigenvalue weighted by Gasteiger charge is -2.44. The number of ether oxygens (including phenoxy) is 5. The van der Waals surface area contributed by atoms with E-state index in [1.54, 1.807) is 72.8 Å². The topological polar surface area (TPSA) is 144 Å². The summed E-state index contributed by atoms with van der Waals surface area (Å²) in [7, 11) is 0. The number of carbonyl (C=O) groups excluding carboxylic acids is 5. The van der Waals surface area contributed by atoms with Gasteiger partial charge in [-0.15, -0.1) is 0 Å². The van der Waals surface area contributed by atoms with Gasteiger partial charge < -0.3 is 29.0 Å². The minimum atomic E-state index is -2.51. The molecule has 1 aliphatic rings. The van der Waals surface area contributed by atoms with Crippen molar-refractivity contribution in [3.8, 4) is 0 Å². The van der Waals surface area contributed by atoms with Crippen LogP contribution in [-0.2, 0) is 28.5 Å². The Balaban J connectivity index is 1.58. The summed E-state index contributed by atoms with van der Waals surface area (Å²) in [6, 6.07) is 31.5. The van der Waals surface area contributed by atoms with Gasteiger partial charge in [0, 0.05) is 0 Å². The third-order valence-corrected chi connectivity index (χ3v) is 7.83. The van der Waals surface area contributed by atoms with Crippen LogP contribution >= 0.6 is 34.8 Å². The van der Waals surface area contributed by atoms with Gasteiger partial charge in [-0.25, -0.2) is 19.2 Å². The molecule has 1 amide bonds. The lowest BCUT2D eigenvalue weighted by Crippen LogP contribution is -2.67. The van der Waals surface area contributed by atoms with Crippen LogP contribution in [0.5, 0.6) is 0 Å². The number of carbonyl (C=O) groups is 5. The van der Waals surface area contributed by atoms with Crippen molar-refractivity contribution in [2.75, 3.05) is 6.61 Å². The van der Waals surface area contributed by atoms with E-state index in [2.05, 4.69) is 5.32 Å². The molecule has 0 unspecified atom stereocenters. The first kappa shape index (κ1) is 36.3. The second kappa shape index (κ2) is 16.6. The first-order valence-corrected chi connectivity index (χ1v) is 16.2. The van der Waals surface area contributed by atoms with Crippen molar-refractivity contribution in [3.63, 3.8) is 0 Å². The monoisotopic (exact) mass is 739 g/mol. The molecule has 50 heavy (non-hydrogen) atoms. The van der Waals surface area contributed by atoms with E-state index in [1.165, 1.54) is 48.5 Å². The summed E-state index contributed by atoms with van der Waals surface area (Å²) in [6.07, 6.45) is -8.17. The van der Waals surface area contributed by atoms with Gasteiger partial charge in [0.2, 0.25) is 0 Å². The fourth-order valence-corrected chi connectivity index (χ4v) is 5.06.